The van der Waals surface area contributed by atoms with Crippen LogP contribution in [0, 0.1) is 12.7 Å². The highest BCUT2D eigenvalue weighted by atomic mass is 19.1. The second-order valence-electron chi connectivity index (χ2n) is 6.97. The normalized spacial score (nSPS) is 11.0. The number of pyridine rings is 1. The van der Waals surface area contributed by atoms with E-state index in [1.807, 2.05) is 13.0 Å². The van der Waals surface area contributed by atoms with Crippen molar-refractivity contribution in [2.75, 3.05) is 6.54 Å². The van der Waals surface area contributed by atoms with Gasteiger partial charge in [-0.05, 0) is 42.7 Å². The van der Waals surface area contributed by atoms with Gasteiger partial charge < -0.3 is 4.90 Å². The van der Waals surface area contributed by atoms with E-state index in [2.05, 4.69) is 11.9 Å². The number of unbranched alkanes of at least 4 members (excludes halogenated alkanes) is 2. The van der Waals surface area contributed by atoms with Crippen molar-refractivity contribution >= 4 is 11.6 Å². The second-order valence-corrected chi connectivity index (χ2v) is 6.97. The predicted molar refractivity (Wildman–Crippen MR) is 107 cm³/mol. The molecule has 0 bridgehead atoms. The van der Waals surface area contributed by atoms with Crippen LogP contribution in [0.25, 0.3) is 5.65 Å². The number of hydrogen-bond donors (Lipinski definition) is 0. The molecule has 3 rings (SSSR count). The van der Waals surface area contributed by atoms with Crippen LogP contribution in [0.2, 0.25) is 0 Å². The van der Waals surface area contributed by atoms with Crippen LogP contribution in [0.3, 0.4) is 0 Å². The number of rotatable bonds is 7. The number of amides is 1. The molecule has 0 unspecified atom stereocenters. The minimum Gasteiger partial charge on any atom is -0.334 e. The first-order chi connectivity index (χ1) is 13.5. The topological polar surface area (TPSA) is 54.7 Å². The van der Waals surface area contributed by atoms with Gasteiger partial charge in [-0.15, -0.1) is 0 Å². The lowest BCUT2D eigenvalue weighted by atomic mass is 10.1. The third-order valence-corrected chi connectivity index (χ3v) is 4.69. The number of aromatic nitrogens is 2. The minimum atomic E-state index is -0.377. The fourth-order valence-corrected chi connectivity index (χ4v) is 3.11. The molecule has 2 heterocycles. The Morgan fingerprint density at radius 1 is 1.14 bits per heavy atom. The second kappa shape index (κ2) is 8.78. The summed E-state index contributed by atoms with van der Waals surface area (Å²) >= 11 is 0. The summed E-state index contributed by atoms with van der Waals surface area (Å²) in [5.74, 6) is -0.672. The highest BCUT2D eigenvalue weighted by molar-refractivity contribution is 5.93. The van der Waals surface area contributed by atoms with Crippen LogP contribution < -0.4 is 5.56 Å². The Bertz CT molecular complexity index is 1030. The molecular formula is C22H24FN3O2. The third kappa shape index (κ3) is 4.44. The molecule has 0 aliphatic rings. The smallest absolute Gasteiger partial charge is 0.270 e. The molecule has 2 aromatic heterocycles. The number of aryl methyl sites for hydroxylation is 1. The molecule has 0 spiro atoms. The zero-order valence-corrected chi connectivity index (χ0v) is 16.2. The zero-order valence-electron chi connectivity index (χ0n) is 16.2. The van der Waals surface area contributed by atoms with Crippen LogP contribution >= 0.6 is 0 Å². The van der Waals surface area contributed by atoms with Crippen molar-refractivity contribution in [2.45, 2.75) is 39.7 Å². The van der Waals surface area contributed by atoms with Gasteiger partial charge in [0.05, 0.1) is 0 Å². The molecule has 3 aromatic rings. The number of carbonyl (C=O) groups excluding carboxylic acids is 1. The van der Waals surface area contributed by atoms with Gasteiger partial charge in [0, 0.05) is 25.5 Å². The van der Waals surface area contributed by atoms with E-state index in [0.717, 1.165) is 30.4 Å². The van der Waals surface area contributed by atoms with Gasteiger partial charge in [-0.1, -0.05) is 38.0 Å². The van der Waals surface area contributed by atoms with Gasteiger partial charge in [-0.25, -0.2) is 9.37 Å². The quantitative estimate of drug-likeness (QED) is 0.582. The Hall–Kier alpha value is -3.02. The molecule has 5 nitrogen and oxygen atoms in total. The third-order valence-electron chi connectivity index (χ3n) is 4.69. The molecule has 1 amide bonds. The lowest BCUT2D eigenvalue weighted by molar-refractivity contribution is 0.0737. The maximum Gasteiger partial charge on any atom is 0.270 e. The van der Waals surface area contributed by atoms with Crippen molar-refractivity contribution in [1.29, 1.82) is 0 Å². The molecule has 146 valence electrons. The average Bonchev–Trinajstić information content (AvgIpc) is 2.69. The van der Waals surface area contributed by atoms with E-state index in [0.29, 0.717) is 18.7 Å². The van der Waals surface area contributed by atoms with Gasteiger partial charge >= 0.3 is 0 Å². The first kappa shape index (κ1) is 19.7. The van der Waals surface area contributed by atoms with Gasteiger partial charge in [-0.3, -0.25) is 14.0 Å². The molecule has 0 aliphatic carbocycles. The van der Waals surface area contributed by atoms with Gasteiger partial charge in [0.25, 0.3) is 11.5 Å². The van der Waals surface area contributed by atoms with Crippen molar-refractivity contribution in [3.63, 3.8) is 0 Å². The summed E-state index contributed by atoms with van der Waals surface area (Å²) in [5, 5.41) is 0. The number of carbonyl (C=O) groups is 1. The summed E-state index contributed by atoms with van der Waals surface area (Å²) in [6, 6.07) is 9.69. The van der Waals surface area contributed by atoms with E-state index in [4.69, 9.17) is 0 Å². The molecule has 6 heteroatoms. The Labute approximate surface area is 163 Å². The standard InChI is InChI=1S/C22H24FN3O2/c1-3-4-5-12-25(15-17-7-9-18(23)10-8-17)21(27)19-13-24-20-11-6-16(2)14-26(20)22(19)28/h6-11,13-14H,3-5,12,15H2,1-2H3. The van der Waals surface area contributed by atoms with E-state index in [1.165, 1.54) is 22.7 Å². The van der Waals surface area contributed by atoms with Crippen molar-refractivity contribution in [1.82, 2.24) is 14.3 Å². The Balaban J connectivity index is 1.93. The molecule has 1 aromatic carbocycles. The number of hydrogen-bond acceptors (Lipinski definition) is 3. The predicted octanol–water partition coefficient (Wildman–Crippen LogP) is 3.97. The van der Waals surface area contributed by atoms with E-state index in [9.17, 15) is 14.0 Å². The van der Waals surface area contributed by atoms with Crippen LogP contribution in [0.15, 0.2) is 53.6 Å². The number of nitrogens with zero attached hydrogens (tertiary/aromatic N) is 3. The maximum absolute atomic E-state index is 13.2. The van der Waals surface area contributed by atoms with Crippen LogP contribution in [0.5, 0.6) is 0 Å². The lowest BCUT2D eigenvalue weighted by Gasteiger charge is -2.23. The van der Waals surface area contributed by atoms with E-state index in [-0.39, 0.29) is 22.8 Å². The molecule has 0 saturated heterocycles. The first-order valence-electron chi connectivity index (χ1n) is 9.51. The van der Waals surface area contributed by atoms with E-state index >= 15 is 0 Å². The van der Waals surface area contributed by atoms with Crippen LogP contribution in [-0.2, 0) is 6.54 Å². The first-order valence-corrected chi connectivity index (χ1v) is 9.51. The van der Waals surface area contributed by atoms with Crippen LogP contribution in [0.4, 0.5) is 4.39 Å². The van der Waals surface area contributed by atoms with Gasteiger partial charge in [0.15, 0.2) is 0 Å². The van der Waals surface area contributed by atoms with E-state index < -0.39 is 0 Å². The summed E-state index contributed by atoms with van der Waals surface area (Å²) < 4.78 is 14.6. The average molecular weight is 381 g/mol. The molecule has 0 atom stereocenters. The van der Waals surface area contributed by atoms with Gasteiger partial charge in [0.1, 0.15) is 17.0 Å². The summed E-state index contributed by atoms with van der Waals surface area (Å²) in [5.41, 5.74) is 1.89. The van der Waals surface area contributed by atoms with E-state index in [1.54, 1.807) is 29.3 Å². The van der Waals surface area contributed by atoms with Crippen molar-refractivity contribution in [3.05, 3.63) is 81.7 Å². The summed E-state index contributed by atoms with van der Waals surface area (Å²) in [4.78, 5) is 31.9. The summed E-state index contributed by atoms with van der Waals surface area (Å²) in [7, 11) is 0. The molecular weight excluding hydrogens is 357 g/mol. The van der Waals surface area contributed by atoms with Crippen LogP contribution in [0.1, 0.15) is 47.7 Å². The van der Waals surface area contributed by atoms with Crippen molar-refractivity contribution in [2.24, 2.45) is 0 Å². The summed E-state index contributed by atoms with van der Waals surface area (Å²) in [6.07, 6.45) is 5.89. The molecule has 28 heavy (non-hydrogen) atoms. The highest BCUT2D eigenvalue weighted by Gasteiger charge is 2.20. The SMILES string of the molecule is CCCCCN(Cc1ccc(F)cc1)C(=O)c1cnc2ccc(C)cn2c1=O. The van der Waals surface area contributed by atoms with Crippen molar-refractivity contribution in [3.8, 4) is 0 Å². The Morgan fingerprint density at radius 2 is 1.89 bits per heavy atom. The van der Waals surface area contributed by atoms with Crippen molar-refractivity contribution < 1.29 is 9.18 Å². The molecule has 0 radical (unpaired) electrons. The number of benzene rings is 1. The lowest BCUT2D eigenvalue weighted by Crippen LogP contribution is -2.36. The Morgan fingerprint density at radius 3 is 2.61 bits per heavy atom. The fourth-order valence-electron chi connectivity index (χ4n) is 3.11. The largest absolute Gasteiger partial charge is 0.334 e. The molecule has 0 N–H and O–H groups in total. The minimum absolute atomic E-state index is 0.0433. The number of halogens is 1. The Kier molecular flexibility index (Phi) is 6.19. The summed E-state index contributed by atoms with van der Waals surface area (Å²) in [6.45, 7) is 4.82. The zero-order chi connectivity index (χ0) is 20.1. The van der Waals surface area contributed by atoms with Gasteiger partial charge in [-0.2, -0.15) is 0 Å². The molecule has 0 aliphatic heterocycles. The number of fused-ring (bicyclic) bond motifs is 1. The van der Waals surface area contributed by atoms with Gasteiger partial charge in [0.2, 0.25) is 0 Å². The molecule has 0 saturated carbocycles. The fraction of sp³-hybridized carbons (Fsp3) is 0.318. The monoisotopic (exact) mass is 381 g/mol. The maximum atomic E-state index is 13.2. The van der Waals surface area contributed by atoms with Crippen LogP contribution in [-0.4, -0.2) is 26.7 Å². The highest BCUT2D eigenvalue weighted by Crippen LogP contribution is 2.12. The molecule has 0 fully saturated rings.